The molecule has 6 heteroatoms. The van der Waals surface area contributed by atoms with Gasteiger partial charge in [0.05, 0.1) is 6.20 Å². The minimum atomic E-state index is -0.467. The van der Waals surface area contributed by atoms with Crippen molar-refractivity contribution in [2.75, 3.05) is 13.1 Å². The first-order valence-electron chi connectivity index (χ1n) is 8.09. The lowest BCUT2D eigenvalue weighted by Crippen LogP contribution is -2.46. The van der Waals surface area contributed by atoms with Crippen LogP contribution in [0.3, 0.4) is 0 Å². The van der Waals surface area contributed by atoms with Gasteiger partial charge >= 0.3 is 6.09 Å². The van der Waals surface area contributed by atoms with E-state index in [9.17, 15) is 9.18 Å². The molecule has 1 unspecified atom stereocenters. The van der Waals surface area contributed by atoms with Gasteiger partial charge in [0.2, 0.25) is 0 Å². The fourth-order valence-corrected chi connectivity index (χ4v) is 2.67. The topological polar surface area (TPSA) is 54.5 Å². The van der Waals surface area contributed by atoms with Gasteiger partial charge in [-0.05, 0) is 52.2 Å². The van der Waals surface area contributed by atoms with Crippen LogP contribution >= 0.6 is 0 Å². The molecule has 1 saturated heterocycles. The summed E-state index contributed by atoms with van der Waals surface area (Å²) >= 11 is 0. The van der Waals surface area contributed by atoms with E-state index in [2.05, 4.69) is 10.3 Å². The fraction of sp³-hybridized carbons (Fsp3) is 0.647. The van der Waals surface area contributed by atoms with Crippen LogP contribution in [0.2, 0.25) is 0 Å². The summed E-state index contributed by atoms with van der Waals surface area (Å²) in [4.78, 5) is 17.7. The lowest BCUT2D eigenvalue weighted by molar-refractivity contribution is 0.0196. The zero-order valence-electron chi connectivity index (χ0n) is 14.3. The Labute approximate surface area is 137 Å². The van der Waals surface area contributed by atoms with Crippen LogP contribution in [0.25, 0.3) is 0 Å². The van der Waals surface area contributed by atoms with Crippen LogP contribution in [0.5, 0.6) is 0 Å². The summed E-state index contributed by atoms with van der Waals surface area (Å²) in [6.45, 7) is 8.94. The third kappa shape index (κ3) is 5.46. The Hall–Kier alpha value is -1.69. The maximum Gasteiger partial charge on any atom is 0.410 e. The van der Waals surface area contributed by atoms with Gasteiger partial charge in [-0.1, -0.05) is 0 Å². The molecular formula is C17H26FN3O2. The second kappa shape index (κ2) is 7.25. The first kappa shape index (κ1) is 17.7. The monoisotopic (exact) mass is 323 g/mol. The van der Waals surface area contributed by atoms with Gasteiger partial charge in [0.25, 0.3) is 0 Å². The second-order valence-corrected chi connectivity index (χ2v) is 7.07. The maximum absolute atomic E-state index is 13.2. The molecule has 0 spiro atoms. The summed E-state index contributed by atoms with van der Waals surface area (Å²) in [5.74, 6) is -0.323. The Morgan fingerprint density at radius 3 is 2.61 bits per heavy atom. The Balaban J connectivity index is 1.81. The number of ether oxygens (including phenoxy) is 1. The summed E-state index contributed by atoms with van der Waals surface area (Å²) in [6.07, 6.45) is 4.34. The van der Waals surface area contributed by atoms with E-state index in [4.69, 9.17) is 4.74 Å². The number of piperidine rings is 1. The molecule has 0 aromatic carbocycles. The van der Waals surface area contributed by atoms with Crippen molar-refractivity contribution >= 4 is 6.09 Å². The van der Waals surface area contributed by atoms with Crippen molar-refractivity contribution in [1.29, 1.82) is 0 Å². The van der Waals surface area contributed by atoms with E-state index in [0.717, 1.165) is 18.4 Å². The van der Waals surface area contributed by atoms with Crippen LogP contribution in [-0.2, 0) is 4.74 Å². The molecule has 1 N–H and O–H groups in total. The molecule has 0 saturated carbocycles. The number of nitrogens with one attached hydrogen (secondary N) is 1. The number of amides is 1. The number of nitrogens with zero attached hydrogens (tertiary/aromatic N) is 2. The summed E-state index contributed by atoms with van der Waals surface area (Å²) in [5.41, 5.74) is 0.366. The van der Waals surface area contributed by atoms with E-state index in [1.54, 1.807) is 11.1 Å². The normalized spacial score (nSPS) is 17.9. The largest absolute Gasteiger partial charge is 0.444 e. The lowest BCUT2D eigenvalue weighted by atomic mass is 10.0. The van der Waals surface area contributed by atoms with Gasteiger partial charge in [0.1, 0.15) is 11.4 Å². The Morgan fingerprint density at radius 1 is 1.39 bits per heavy atom. The predicted octanol–water partition coefficient (Wildman–Crippen LogP) is 3.27. The summed E-state index contributed by atoms with van der Waals surface area (Å²) < 4.78 is 18.6. The molecule has 5 nitrogen and oxygen atoms in total. The molecule has 0 aliphatic carbocycles. The quantitative estimate of drug-likeness (QED) is 0.927. The first-order valence-corrected chi connectivity index (χ1v) is 8.09. The highest BCUT2D eigenvalue weighted by atomic mass is 19.1. The smallest absolute Gasteiger partial charge is 0.410 e. The highest BCUT2D eigenvalue weighted by molar-refractivity contribution is 5.68. The van der Waals surface area contributed by atoms with E-state index < -0.39 is 5.60 Å². The third-order valence-electron chi connectivity index (χ3n) is 3.86. The number of hydrogen-bond donors (Lipinski definition) is 1. The number of hydrogen-bond acceptors (Lipinski definition) is 4. The summed E-state index contributed by atoms with van der Waals surface area (Å²) in [5, 5.41) is 3.48. The number of carbonyl (C=O) groups excluding carboxylic acids is 1. The Kier molecular flexibility index (Phi) is 5.57. The average molecular weight is 323 g/mol. The van der Waals surface area contributed by atoms with Crippen LogP contribution in [0.4, 0.5) is 9.18 Å². The molecular weight excluding hydrogens is 297 g/mol. The van der Waals surface area contributed by atoms with Crippen LogP contribution in [0.1, 0.15) is 52.1 Å². The Morgan fingerprint density at radius 2 is 2.04 bits per heavy atom. The molecule has 1 aromatic heterocycles. The van der Waals surface area contributed by atoms with Crippen molar-refractivity contribution in [3.8, 4) is 0 Å². The van der Waals surface area contributed by atoms with Crippen molar-refractivity contribution in [2.24, 2.45) is 0 Å². The maximum atomic E-state index is 13.2. The highest BCUT2D eigenvalue weighted by Crippen LogP contribution is 2.19. The van der Waals surface area contributed by atoms with E-state index >= 15 is 0 Å². The standard InChI is InChI=1S/C17H26FN3O2/c1-12(13-9-14(18)11-19-10-13)20-15-5-7-21(8-6-15)16(22)23-17(2,3)4/h9-12,15,20H,5-8H2,1-4H3. The number of likely N-dealkylation sites (tertiary alicyclic amines) is 1. The minimum Gasteiger partial charge on any atom is -0.444 e. The molecule has 0 bridgehead atoms. The molecule has 2 rings (SSSR count). The number of aromatic nitrogens is 1. The molecule has 2 heterocycles. The molecule has 1 amide bonds. The number of halogens is 1. The predicted molar refractivity (Wildman–Crippen MR) is 86.6 cm³/mol. The van der Waals surface area contributed by atoms with Gasteiger partial charge in [-0.2, -0.15) is 0 Å². The SMILES string of the molecule is CC(NC1CCN(C(=O)OC(C)(C)C)CC1)c1cncc(F)c1. The van der Waals surface area contributed by atoms with Crippen LogP contribution in [0.15, 0.2) is 18.5 Å². The number of pyridine rings is 1. The van der Waals surface area contributed by atoms with Crippen molar-refractivity contribution in [3.63, 3.8) is 0 Å². The van der Waals surface area contributed by atoms with E-state index in [1.165, 1.54) is 12.3 Å². The second-order valence-electron chi connectivity index (χ2n) is 7.07. The summed E-state index contributed by atoms with van der Waals surface area (Å²) in [7, 11) is 0. The lowest BCUT2D eigenvalue weighted by Gasteiger charge is -2.35. The molecule has 1 aromatic rings. The molecule has 1 fully saturated rings. The van der Waals surface area contributed by atoms with E-state index in [-0.39, 0.29) is 18.0 Å². The zero-order chi connectivity index (χ0) is 17.0. The minimum absolute atomic E-state index is 0.0243. The van der Waals surface area contributed by atoms with Gasteiger partial charge in [-0.25, -0.2) is 9.18 Å². The van der Waals surface area contributed by atoms with Gasteiger partial charge in [0.15, 0.2) is 0 Å². The molecule has 23 heavy (non-hydrogen) atoms. The molecule has 1 aliphatic rings. The van der Waals surface area contributed by atoms with Crippen molar-refractivity contribution in [3.05, 3.63) is 29.8 Å². The fourth-order valence-electron chi connectivity index (χ4n) is 2.67. The van der Waals surface area contributed by atoms with Crippen LogP contribution in [0, 0.1) is 5.82 Å². The first-order chi connectivity index (χ1) is 10.7. The van der Waals surface area contributed by atoms with Gasteiger partial charge in [-0.3, -0.25) is 4.98 Å². The molecule has 128 valence electrons. The zero-order valence-corrected chi connectivity index (χ0v) is 14.3. The average Bonchev–Trinajstić information content (AvgIpc) is 2.46. The molecule has 1 aliphatic heterocycles. The summed E-state index contributed by atoms with van der Waals surface area (Å²) in [6, 6.07) is 1.82. The number of carbonyl (C=O) groups is 1. The van der Waals surface area contributed by atoms with Crippen molar-refractivity contribution in [1.82, 2.24) is 15.2 Å². The van der Waals surface area contributed by atoms with Gasteiger partial charge in [0, 0.05) is 31.4 Å². The molecule has 0 radical (unpaired) electrons. The highest BCUT2D eigenvalue weighted by Gasteiger charge is 2.27. The van der Waals surface area contributed by atoms with E-state index in [1.807, 2.05) is 27.7 Å². The van der Waals surface area contributed by atoms with Crippen molar-refractivity contribution < 1.29 is 13.9 Å². The van der Waals surface area contributed by atoms with E-state index in [0.29, 0.717) is 19.1 Å². The Bertz CT molecular complexity index is 537. The van der Waals surface area contributed by atoms with Gasteiger partial charge in [-0.15, -0.1) is 0 Å². The molecule has 1 atom stereocenters. The van der Waals surface area contributed by atoms with Crippen LogP contribution < -0.4 is 5.32 Å². The number of rotatable bonds is 3. The third-order valence-corrected chi connectivity index (χ3v) is 3.86. The van der Waals surface area contributed by atoms with Crippen LogP contribution in [-0.4, -0.2) is 40.7 Å². The van der Waals surface area contributed by atoms with Crippen molar-refractivity contribution in [2.45, 2.75) is 58.2 Å². The van der Waals surface area contributed by atoms with Gasteiger partial charge < -0.3 is 15.0 Å².